The summed E-state index contributed by atoms with van der Waals surface area (Å²) in [6, 6.07) is 20.9. The van der Waals surface area contributed by atoms with Crippen LogP contribution in [0.3, 0.4) is 0 Å². The van der Waals surface area contributed by atoms with Gasteiger partial charge in [0.15, 0.2) is 0 Å². The van der Waals surface area contributed by atoms with Gasteiger partial charge in [-0.3, -0.25) is 9.69 Å². The van der Waals surface area contributed by atoms with E-state index in [9.17, 15) is 4.79 Å². The van der Waals surface area contributed by atoms with Gasteiger partial charge in [0, 0.05) is 37.2 Å². The molecule has 7 nitrogen and oxygen atoms in total. The lowest BCUT2D eigenvalue weighted by atomic mass is 10.1. The summed E-state index contributed by atoms with van der Waals surface area (Å²) in [7, 11) is 0. The van der Waals surface area contributed by atoms with E-state index in [1.807, 2.05) is 36.4 Å². The van der Waals surface area contributed by atoms with Crippen LogP contribution in [0, 0.1) is 0 Å². The van der Waals surface area contributed by atoms with Crippen molar-refractivity contribution in [2.24, 2.45) is 0 Å². The van der Waals surface area contributed by atoms with Crippen molar-refractivity contribution in [3.8, 4) is 11.4 Å². The van der Waals surface area contributed by atoms with Gasteiger partial charge in [-0.1, -0.05) is 60.7 Å². The summed E-state index contributed by atoms with van der Waals surface area (Å²) in [6.07, 6.45) is 2.15. The van der Waals surface area contributed by atoms with Crippen LogP contribution in [0.15, 0.2) is 60.7 Å². The normalized spacial score (nSPS) is 17.7. The molecule has 156 valence electrons. The van der Waals surface area contributed by atoms with E-state index in [4.69, 9.17) is 0 Å². The average Bonchev–Trinajstić information content (AvgIpc) is 3.44. The molecule has 1 saturated heterocycles. The molecule has 4 rings (SSSR count). The Hall–Kier alpha value is -3.06. The van der Waals surface area contributed by atoms with Crippen LogP contribution in [0.25, 0.3) is 11.4 Å². The fraction of sp³-hybridized carbons (Fsp3) is 0.391. The van der Waals surface area contributed by atoms with Crippen LogP contribution in [0.2, 0.25) is 0 Å². The van der Waals surface area contributed by atoms with Gasteiger partial charge < -0.3 is 5.32 Å². The van der Waals surface area contributed by atoms with E-state index in [0.717, 1.165) is 25.1 Å². The Labute approximate surface area is 177 Å². The van der Waals surface area contributed by atoms with E-state index in [2.05, 4.69) is 56.8 Å². The number of carbonyl (C=O) groups excluding carboxylic acids is 1. The second kappa shape index (κ2) is 9.63. The predicted molar refractivity (Wildman–Crippen MR) is 115 cm³/mol. The van der Waals surface area contributed by atoms with Gasteiger partial charge in [-0.25, -0.2) is 0 Å². The zero-order chi connectivity index (χ0) is 20.8. The first-order valence-corrected chi connectivity index (χ1v) is 10.6. The van der Waals surface area contributed by atoms with E-state index in [1.54, 1.807) is 4.80 Å². The number of nitrogens with zero attached hydrogens (tertiary/aromatic N) is 5. The van der Waals surface area contributed by atoms with Crippen molar-refractivity contribution in [3.05, 3.63) is 66.2 Å². The minimum absolute atomic E-state index is 0.0950. The maximum absolute atomic E-state index is 12.4. The molecule has 0 spiro atoms. The Morgan fingerprint density at radius 2 is 1.87 bits per heavy atom. The van der Waals surface area contributed by atoms with Crippen LogP contribution >= 0.6 is 0 Å². The summed E-state index contributed by atoms with van der Waals surface area (Å²) in [5.74, 6) is 0.705. The molecule has 0 aliphatic carbocycles. The largest absolute Gasteiger partial charge is 0.352 e. The Kier molecular flexibility index (Phi) is 6.49. The van der Waals surface area contributed by atoms with E-state index in [0.29, 0.717) is 31.3 Å². The molecule has 30 heavy (non-hydrogen) atoms. The molecular formula is C23H28N6O. The summed E-state index contributed by atoms with van der Waals surface area (Å²) in [5, 5.41) is 15.8. The Balaban J connectivity index is 1.19. The summed E-state index contributed by atoms with van der Waals surface area (Å²) in [5.41, 5.74) is 2.26. The summed E-state index contributed by atoms with van der Waals surface area (Å²) < 4.78 is 0. The third-order valence-electron chi connectivity index (χ3n) is 5.66. The number of aryl methyl sites for hydroxylation is 1. The van der Waals surface area contributed by atoms with Crippen LogP contribution in [-0.4, -0.2) is 50.1 Å². The Morgan fingerprint density at radius 1 is 1.13 bits per heavy atom. The van der Waals surface area contributed by atoms with Crippen LogP contribution in [0.1, 0.15) is 37.8 Å². The Bertz CT molecular complexity index is 943. The zero-order valence-corrected chi connectivity index (χ0v) is 17.3. The number of aromatic nitrogens is 4. The number of nitrogens with one attached hydrogen (secondary N) is 1. The lowest BCUT2D eigenvalue weighted by molar-refractivity contribution is -0.121. The molecule has 3 aromatic rings. The SMILES string of the molecule is C[C@H](c1ccccc1)N1CC[C@H](NC(=O)CCCn2nnc(-c3ccccc3)n2)C1. The van der Waals surface area contributed by atoms with Crippen LogP contribution < -0.4 is 5.32 Å². The first-order valence-electron chi connectivity index (χ1n) is 10.6. The van der Waals surface area contributed by atoms with Crippen molar-refractivity contribution in [2.75, 3.05) is 13.1 Å². The van der Waals surface area contributed by atoms with E-state index < -0.39 is 0 Å². The fourth-order valence-corrected chi connectivity index (χ4v) is 3.92. The van der Waals surface area contributed by atoms with E-state index in [1.165, 1.54) is 5.56 Å². The second-order valence-electron chi connectivity index (χ2n) is 7.81. The first kappa shape index (κ1) is 20.2. The van der Waals surface area contributed by atoms with Crippen LogP contribution in [-0.2, 0) is 11.3 Å². The third kappa shape index (κ3) is 5.10. The van der Waals surface area contributed by atoms with Gasteiger partial charge in [-0.15, -0.1) is 10.2 Å². The molecule has 0 bridgehead atoms. The summed E-state index contributed by atoms with van der Waals surface area (Å²) in [4.78, 5) is 16.4. The molecule has 1 amide bonds. The molecule has 1 aromatic heterocycles. The van der Waals surface area contributed by atoms with Crippen molar-refractivity contribution in [3.63, 3.8) is 0 Å². The monoisotopic (exact) mass is 404 g/mol. The zero-order valence-electron chi connectivity index (χ0n) is 17.3. The molecule has 0 unspecified atom stereocenters. The van der Waals surface area contributed by atoms with Crippen molar-refractivity contribution in [1.82, 2.24) is 30.4 Å². The number of hydrogen-bond acceptors (Lipinski definition) is 5. The number of carbonyl (C=O) groups is 1. The highest BCUT2D eigenvalue weighted by Gasteiger charge is 2.27. The van der Waals surface area contributed by atoms with Gasteiger partial charge in [0.05, 0.1) is 6.54 Å². The molecular weight excluding hydrogens is 376 g/mol. The molecule has 7 heteroatoms. The highest BCUT2D eigenvalue weighted by Crippen LogP contribution is 2.24. The van der Waals surface area contributed by atoms with Gasteiger partial charge in [-0.05, 0) is 30.5 Å². The summed E-state index contributed by atoms with van der Waals surface area (Å²) >= 11 is 0. The number of hydrogen-bond donors (Lipinski definition) is 1. The topological polar surface area (TPSA) is 75.9 Å². The highest BCUT2D eigenvalue weighted by molar-refractivity contribution is 5.76. The molecule has 2 atom stereocenters. The fourth-order valence-electron chi connectivity index (χ4n) is 3.92. The van der Waals surface area contributed by atoms with Gasteiger partial charge in [-0.2, -0.15) is 4.80 Å². The van der Waals surface area contributed by atoms with Crippen LogP contribution in [0.5, 0.6) is 0 Å². The minimum atomic E-state index is 0.0950. The standard InChI is InChI=1S/C23H28N6O/c1-18(19-9-4-2-5-10-19)28-16-14-21(17-28)24-22(30)13-8-15-29-26-23(25-27-29)20-11-6-3-7-12-20/h2-7,9-12,18,21H,8,13-17H2,1H3,(H,24,30)/t18-,21+/m1/s1. The van der Waals surface area contributed by atoms with Gasteiger partial charge in [0.25, 0.3) is 0 Å². The summed E-state index contributed by atoms with van der Waals surface area (Å²) in [6.45, 7) is 4.71. The lowest BCUT2D eigenvalue weighted by Gasteiger charge is -2.24. The van der Waals surface area contributed by atoms with Gasteiger partial charge in [0.1, 0.15) is 0 Å². The molecule has 1 aliphatic rings. The van der Waals surface area contributed by atoms with Gasteiger partial charge in [0.2, 0.25) is 11.7 Å². The Morgan fingerprint density at radius 3 is 2.63 bits per heavy atom. The number of amides is 1. The smallest absolute Gasteiger partial charge is 0.220 e. The first-order chi connectivity index (χ1) is 14.7. The minimum Gasteiger partial charge on any atom is -0.352 e. The maximum atomic E-state index is 12.4. The third-order valence-corrected chi connectivity index (χ3v) is 5.66. The van der Waals surface area contributed by atoms with Gasteiger partial charge >= 0.3 is 0 Å². The van der Waals surface area contributed by atoms with Crippen molar-refractivity contribution < 1.29 is 4.79 Å². The molecule has 1 fully saturated rings. The maximum Gasteiger partial charge on any atom is 0.220 e. The van der Waals surface area contributed by atoms with Crippen molar-refractivity contribution in [2.45, 2.75) is 44.8 Å². The molecule has 0 saturated carbocycles. The van der Waals surface area contributed by atoms with E-state index >= 15 is 0 Å². The van der Waals surface area contributed by atoms with Crippen LogP contribution in [0.4, 0.5) is 0 Å². The quantitative estimate of drug-likeness (QED) is 0.624. The number of rotatable bonds is 8. The molecule has 0 radical (unpaired) electrons. The second-order valence-corrected chi connectivity index (χ2v) is 7.81. The predicted octanol–water partition coefficient (Wildman–Crippen LogP) is 3.07. The number of tetrazole rings is 1. The van der Waals surface area contributed by atoms with Crippen molar-refractivity contribution in [1.29, 1.82) is 0 Å². The number of likely N-dealkylation sites (tertiary alicyclic amines) is 1. The van der Waals surface area contributed by atoms with E-state index in [-0.39, 0.29) is 11.9 Å². The molecule has 2 aromatic carbocycles. The highest BCUT2D eigenvalue weighted by atomic mass is 16.1. The number of benzene rings is 2. The van der Waals surface area contributed by atoms with Crippen molar-refractivity contribution >= 4 is 5.91 Å². The molecule has 2 heterocycles. The average molecular weight is 405 g/mol. The lowest BCUT2D eigenvalue weighted by Crippen LogP contribution is -2.37. The molecule has 1 N–H and O–H groups in total. The molecule has 1 aliphatic heterocycles.